The van der Waals surface area contributed by atoms with E-state index in [0.29, 0.717) is 6.04 Å². The Kier molecular flexibility index (Phi) is 5.37. The average Bonchev–Trinajstić information content (AvgIpc) is 2.47. The molecule has 0 amide bonds. The normalized spacial score (nSPS) is 12.3. The summed E-state index contributed by atoms with van der Waals surface area (Å²) in [6.45, 7) is 4.35. The molecule has 2 aromatic carbocycles. The molecule has 1 N–H and O–H groups in total. The first-order valence-electron chi connectivity index (χ1n) is 7.52. The third-order valence-corrected chi connectivity index (χ3v) is 3.89. The zero-order valence-corrected chi connectivity index (χ0v) is 12.8. The van der Waals surface area contributed by atoms with Crippen molar-refractivity contribution in [1.82, 2.24) is 5.32 Å². The van der Waals surface area contributed by atoms with Crippen LogP contribution in [0, 0.1) is 6.92 Å². The fraction of sp³-hybridized carbons (Fsp3) is 0.368. The number of hydrogen-bond acceptors (Lipinski definition) is 1. The fourth-order valence-corrected chi connectivity index (χ4v) is 2.60. The van der Waals surface area contributed by atoms with Crippen LogP contribution in [0.1, 0.15) is 29.2 Å². The highest BCUT2D eigenvalue weighted by Gasteiger charge is 2.08. The quantitative estimate of drug-likeness (QED) is 0.836. The van der Waals surface area contributed by atoms with Crippen molar-refractivity contribution in [3.05, 3.63) is 70.8 Å². The first-order chi connectivity index (χ1) is 9.71. The van der Waals surface area contributed by atoms with Gasteiger partial charge in [-0.25, -0.2) is 0 Å². The van der Waals surface area contributed by atoms with Gasteiger partial charge in [0.2, 0.25) is 0 Å². The zero-order chi connectivity index (χ0) is 14.4. The molecule has 0 aliphatic rings. The van der Waals surface area contributed by atoms with Crippen LogP contribution >= 0.6 is 0 Å². The Balaban J connectivity index is 2.01. The molecule has 0 radical (unpaired) electrons. The Hall–Kier alpha value is -1.60. The molecule has 2 rings (SSSR count). The third kappa shape index (κ3) is 4.21. The van der Waals surface area contributed by atoms with Gasteiger partial charge in [-0.15, -0.1) is 0 Å². The van der Waals surface area contributed by atoms with E-state index >= 15 is 0 Å². The molecule has 0 saturated carbocycles. The van der Waals surface area contributed by atoms with Crippen molar-refractivity contribution in [2.75, 3.05) is 7.05 Å². The summed E-state index contributed by atoms with van der Waals surface area (Å²) >= 11 is 0. The lowest BCUT2D eigenvalue weighted by Gasteiger charge is -2.17. The van der Waals surface area contributed by atoms with Crippen LogP contribution in [0.2, 0.25) is 0 Å². The van der Waals surface area contributed by atoms with Crippen molar-refractivity contribution >= 4 is 0 Å². The molecule has 1 heteroatoms. The van der Waals surface area contributed by atoms with Crippen LogP contribution in [-0.2, 0) is 19.3 Å². The summed E-state index contributed by atoms with van der Waals surface area (Å²) in [5, 5.41) is 3.45. The summed E-state index contributed by atoms with van der Waals surface area (Å²) in [5.41, 5.74) is 5.57. The second-order valence-electron chi connectivity index (χ2n) is 5.55. The Morgan fingerprint density at radius 1 is 0.900 bits per heavy atom. The maximum Gasteiger partial charge on any atom is 0.0145 e. The van der Waals surface area contributed by atoms with Gasteiger partial charge in [-0.05, 0) is 49.9 Å². The number of aryl methyl sites for hydroxylation is 2. The van der Waals surface area contributed by atoms with Gasteiger partial charge in [0, 0.05) is 6.04 Å². The molecule has 0 fully saturated rings. The minimum Gasteiger partial charge on any atom is -0.316 e. The molecule has 106 valence electrons. The van der Waals surface area contributed by atoms with Crippen molar-refractivity contribution < 1.29 is 0 Å². The van der Waals surface area contributed by atoms with Crippen LogP contribution in [0.4, 0.5) is 0 Å². The SMILES string of the molecule is CCc1ccc(CC(Cc2cccc(C)c2)NC)cc1. The monoisotopic (exact) mass is 267 g/mol. The Morgan fingerprint density at radius 3 is 2.15 bits per heavy atom. The standard InChI is InChI=1S/C19H25N/c1-4-16-8-10-17(11-9-16)13-19(20-3)14-18-7-5-6-15(2)12-18/h5-12,19-20H,4,13-14H2,1-3H3. The Labute approximate surface area is 123 Å². The number of likely N-dealkylation sites (N-methyl/N-ethyl adjacent to an activating group) is 1. The fourth-order valence-electron chi connectivity index (χ4n) is 2.60. The van der Waals surface area contributed by atoms with E-state index in [1.165, 1.54) is 22.3 Å². The van der Waals surface area contributed by atoms with E-state index in [-0.39, 0.29) is 0 Å². The molecule has 20 heavy (non-hydrogen) atoms. The maximum absolute atomic E-state index is 3.45. The predicted octanol–water partition coefficient (Wildman–Crippen LogP) is 3.93. The molecule has 0 saturated heterocycles. The molecule has 1 nitrogen and oxygen atoms in total. The van der Waals surface area contributed by atoms with Gasteiger partial charge in [0.05, 0.1) is 0 Å². The third-order valence-electron chi connectivity index (χ3n) is 3.89. The predicted molar refractivity (Wildman–Crippen MR) is 87.3 cm³/mol. The molecular weight excluding hydrogens is 242 g/mol. The lowest BCUT2D eigenvalue weighted by molar-refractivity contribution is 0.556. The topological polar surface area (TPSA) is 12.0 Å². The largest absolute Gasteiger partial charge is 0.316 e. The van der Waals surface area contributed by atoms with Crippen LogP contribution in [-0.4, -0.2) is 13.1 Å². The molecule has 0 spiro atoms. The molecule has 1 atom stereocenters. The van der Waals surface area contributed by atoms with E-state index in [4.69, 9.17) is 0 Å². The van der Waals surface area contributed by atoms with Crippen molar-refractivity contribution in [3.63, 3.8) is 0 Å². The van der Waals surface area contributed by atoms with Gasteiger partial charge in [-0.3, -0.25) is 0 Å². The highest BCUT2D eigenvalue weighted by molar-refractivity contribution is 5.25. The zero-order valence-electron chi connectivity index (χ0n) is 12.8. The molecule has 0 heterocycles. The highest BCUT2D eigenvalue weighted by atomic mass is 14.9. The molecular formula is C19H25N. The van der Waals surface area contributed by atoms with Gasteiger partial charge in [-0.1, -0.05) is 61.0 Å². The van der Waals surface area contributed by atoms with Crippen LogP contribution in [0.5, 0.6) is 0 Å². The van der Waals surface area contributed by atoms with Gasteiger partial charge >= 0.3 is 0 Å². The summed E-state index contributed by atoms with van der Waals surface area (Å²) in [6, 6.07) is 18.3. The van der Waals surface area contributed by atoms with Crippen LogP contribution in [0.15, 0.2) is 48.5 Å². The lowest BCUT2D eigenvalue weighted by atomic mass is 9.97. The number of benzene rings is 2. The number of hydrogen-bond donors (Lipinski definition) is 1. The second-order valence-corrected chi connectivity index (χ2v) is 5.55. The van der Waals surface area contributed by atoms with E-state index in [2.05, 4.69) is 74.7 Å². The van der Waals surface area contributed by atoms with E-state index in [1.807, 2.05) is 0 Å². The van der Waals surface area contributed by atoms with E-state index < -0.39 is 0 Å². The number of rotatable bonds is 6. The first-order valence-corrected chi connectivity index (χ1v) is 7.52. The summed E-state index contributed by atoms with van der Waals surface area (Å²) < 4.78 is 0. The Bertz CT molecular complexity index is 528. The summed E-state index contributed by atoms with van der Waals surface area (Å²) in [7, 11) is 2.06. The van der Waals surface area contributed by atoms with Crippen LogP contribution in [0.3, 0.4) is 0 Å². The maximum atomic E-state index is 3.45. The molecule has 0 aromatic heterocycles. The highest BCUT2D eigenvalue weighted by Crippen LogP contribution is 2.12. The summed E-state index contributed by atoms with van der Waals surface area (Å²) in [4.78, 5) is 0. The molecule has 1 unspecified atom stereocenters. The van der Waals surface area contributed by atoms with Crippen molar-refractivity contribution in [2.45, 2.75) is 39.2 Å². The molecule has 0 aliphatic carbocycles. The van der Waals surface area contributed by atoms with E-state index in [9.17, 15) is 0 Å². The first kappa shape index (κ1) is 14.8. The summed E-state index contributed by atoms with van der Waals surface area (Å²) in [6.07, 6.45) is 3.27. The van der Waals surface area contributed by atoms with E-state index in [1.54, 1.807) is 0 Å². The second kappa shape index (κ2) is 7.25. The Morgan fingerprint density at radius 2 is 1.55 bits per heavy atom. The smallest absolute Gasteiger partial charge is 0.0145 e. The van der Waals surface area contributed by atoms with Crippen LogP contribution < -0.4 is 5.32 Å². The minimum absolute atomic E-state index is 0.490. The van der Waals surface area contributed by atoms with Crippen molar-refractivity contribution in [1.29, 1.82) is 0 Å². The van der Waals surface area contributed by atoms with Crippen molar-refractivity contribution in [2.24, 2.45) is 0 Å². The number of nitrogens with one attached hydrogen (secondary N) is 1. The van der Waals surface area contributed by atoms with Crippen molar-refractivity contribution in [3.8, 4) is 0 Å². The van der Waals surface area contributed by atoms with Gasteiger partial charge in [0.25, 0.3) is 0 Å². The average molecular weight is 267 g/mol. The molecule has 0 aliphatic heterocycles. The lowest BCUT2D eigenvalue weighted by Crippen LogP contribution is -2.29. The minimum atomic E-state index is 0.490. The van der Waals surface area contributed by atoms with Gasteiger partial charge in [0.1, 0.15) is 0 Å². The van der Waals surface area contributed by atoms with E-state index in [0.717, 1.165) is 19.3 Å². The van der Waals surface area contributed by atoms with Crippen LogP contribution in [0.25, 0.3) is 0 Å². The molecule has 2 aromatic rings. The van der Waals surface area contributed by atoms with Gasteiger partial charge in [-0.2, -0.15) is 0 Å². The van der Waals surface area contributed by atoms with Gasteiger partial charge < -0.3 is 5.32 Å². The molecule has 0 bridgehead atoms. The van der Waals surface area contributed by atoms with Gasteiger partial charge in [0.15, 0.2) is 0 Å². The summed E-state index contributed by atoms with van der Waals surface area (Å²) in [5.74, 6) is 0.